The second kappa shape index (κ2) is 7.60. The number of rotatable bonds is 6. The summed E-state index contributed by atoms with van der Waals surface area (Å²) in [6.45, 7) is 1.27. The van der Waals surface area contributed by atoms with Crippen molar-refractivity contribution in [2.45, 2.75) is 13.5 Å². The molecule has 0 fully saturated rings. The highest BCUT2D eigenvalue weighted by Crippen LogP contribution is 2.20. The van der Waals surface area contributed by atoms with Gasteiger partial charge in [0.25, 0.3) is 5.89 Å². The molecule has 0 saturated heterocycles. The van der Waals surface area contributed by atoms with Crippen LogP contribution < -0.4 is 4.74 Å². The molecule has 0 radical (unpaired) electrons. The Hall–Kier alpha value is -3.48. The van der Waals surface area contributed by atoms with Crippen LogP contribution in [-0.2, 0) is 11.3 Å². The van der Waals surface area contributed by atoms with E-state index in [-0.39, 0.29) is 23.8 Å². The molecule has 0 spiro atoms. The minimum Gasteiger partial charge on any atom is -0.497 e. The summed E-state index contributed by atoms with van der Waals surface area (Å²) in [5, 5.41) is 3.87. The molecule has 0 N–H and O–H groups in total. The fraction of sp³-hybridized carbons (Fsp3) is 0.158. The van der Waals surface area contributed by atoms with Crippen molar-refractivity contribution in [1.82, 2.24) is 10.1 Å². The first kappa shape index (κ1) is 17.3. The highest BCUT2D eigenvalue weighted by molar-refractivity contribution is 5.97. The van der Waals surface area contributed by atoms with Crippen LogP contribution in [0.15, 0.2) is 53.1 Å². The van der Waals surface area contributed by atoms with E-state index in [2.05, 4.69) is 10.1 Å². The van der Waals surface area contributed by atoms with Gasteiger partial charge in [0.05, 0.1) is 12.7 Å². The van der Waals surface area contributed by atoms with Gasteiger partial charge in [-0.15, -0.1) is 0 Å². The van der Waals surface area contributed by atoms with E-state index in [1.54, 1.807) is 49.6 Å². The summed E-state index contributed by atoms with van der Waals surface area (Å²) in [7, 11) is 1.59. The Kier molecular flexibility index (Phi) is 5.07. The zero-order valence-corrected chi connectivity index (χ0v) is 14.3. The third-order valence-electron chi connectivity index (χ3n) is 3.65. The number of Topliss-reactive ketones (excluding diaryl/α,β-unsaturated/α-hetero) is 1. The lowest BCUT2D eigenvalue weighted by Gasteiger charge is -2.03. The zero-order chi connectivity index (χ0) is 18.5. The van der Waals surface area contributed by atoms with E-state index >= 15 is 0 Å². The first-order chi connectivity index (χ1) is 12.6. The molecule has 3 rings (SSSR count). The minimum absolute atomic E-state index is 0.124. The van der Waals surface area contributed by atoms with E-state index in [1.165, 1.54) is 13.0 Å². The average molecular weight is 352 g/mol. The Morgan fingerprint density at radius 1 is 1.08 bits per heavy atom. The Balaban J connectivity index is 1.65. The van der Waals surface area contributed by atoms with Crippen LogP contribution in [0, 0.1) is 0 Å². The van der Waals surface area contributed by atoms with Gasteiger partial charge in [-0.1, -0.05) is 17.3 Å². The summed E-state index contributed by atoms with van der Waals surface area (Å²) >= 11 is 0. The predicted octanol–water partition coefficient (Wildman–Crippen LogP) is 3.30. The predicted molar refractivity (Wildman–Crippen MR) is 91.9 cm³/mol. The van der Waals surface area contributed by atoms with Crippen LogP contribution in [0.5, 0.6) is 5.75 Å². The molecule has 0 atom stereocenters. The Morgan fingerprint density at radius 2 is 1.81 bits per heavy atom. The molecule has 26 heavy (non-hydrogen) atoms. The lowest BCUT2D eigenvalue weighted by atomic mass is 10.1. The summed E-state index contributed by atoms with van der Waals surface area (Å²) in [5.74, 6) is 0.585. The van der Waals surface area contributed by atoms with Gasteiger partial charge in [0.2, 0.25) is 5.82 Å². The van der Waals surface area contributed by atoms with Crippen LogP contribution >= 0.6 is 0 Å². The third kappa shape index (κ3) is 3.94. The summed E-state index contributed by atoms with van der Waals surface area (Å²) in [6, 6.07) is 13.5. The van der Waals surface area contributed by atoms with Crippen molar-refractivity contribution < 1.29 is 23.6 Å². The van der Waals surface area contributed by atoms with Crippen LogP contribution in [0.2, 0.25) is 0 Å². The van der Waals surface area contributed by atoms with E-state index < -0.39 is 5.97 Å². The summed E-state index contributed by atoms with van der Waals surface area (Å²) in [5.41, 5.74) is 1.48. The smallest absolute Gasteiger partial charge is 0.338 e. The number of methoxy groups -OCH3 is 1. The fourth-order valence-corrected chi connectivity index (χ4v) is 2.25. The number of esters is 1. The molecule has 0 saturated carbocycles. The molecule has 7 nitrogen and oxygen atoms in total. The SMILES string of the molecule is COc1ccc(-c2noc(COC(=O)c3cccc(C(C)=O)c3)n2)cc1. The first-order valence-corrected chi connectivity index (χ1v) is 7.82. The molecule has 0 amide bonds. The number of ether oxygens (including phenoxy) is 2. The zero-order valence-electron chi connectivity index (χ0n) is 14.3. The van der Waals surface area contributed by atoms with Crippen LogP contribution in [-0.4, -0.2) is 29.0 Å². The largest absolute Gasteiger partial charge is 0.497 e. The van der Waals surface area contributed by atoms with Gasteiger partial charge in [0.15, 0.2) is 12.4 Å². The molecule has 0 bridgehead atoms. The third-order valence-corrected chi connectivity index (χ3v) is 3.65. The highest BCUT2D eigenvalue weighted by Gasteiger charge is 2.13. The van der Waals surface area contributed by atoms with Crippen molar-refractivity contribution in [3.05, 3.63) is 65.5 Å². The lowest BCUT2D eigenvalue weighted by Crippen LogP contribution is -2.06. The second-order valence-corrected chi connectivity index (χ2v) is 5.45. The molecule has 132 valence electrons. The number of aromatic nitrogens is 2. The van der Waals surface area contributed by atoms with Gasteiger partial charge in [-0.05, 0) is 43.3 Å². The van der Waals surface area contributed by atoms with Crippen molar-refractivity contribution in [3.63, 3.8) is 0 Å². The molecule has 1 aromatic heterocycles. The van der Waals surface area contributed by atoms with Crippen molar-refractivity contribution in [3.8, 4) is 17.1 Å². The normalized spacial score (nSPS) is 10.4. The van der Waals surface area contributed by atoms with Gasteiger partial charge >= 0.3 is 5.97 Å². The molecule has 2 aromatic carbocycles. The number of carbonyl (C=O) groups excluding carboxylic acids is 2. The van der Waals surface area contributed by atoms with E-state index in [1.807, 2.05) is 0 Å². The van der Waals surface area contributed by atoms with Gasteiger partial charge in [0.1, 0.15) is 5.75 Å². The number of benzene rings is 2. The number of nitrogens with zero attached hydrogens (tertiary/aromatic N) is 2. The van der Waals surface area contributed by atoms with E-state index in [0.29, 0.717) is 11.4 Å². The lowest BCUT2D eigenvalue weighted by molar-refractivity contribution is 0.0430. The molecule has 0 aliphatic rings. The fourth-order valence-electron chi connectivity index (χ4n) is 2.25. The van der Waals surface area contributed by atoms with E-state index in [0.717, 1.165) is 11.3 Å². The molecule has 7 heteroatoms. The number of hydrogen-bond donors (Lipinski definition) is 0. The van der Waals surface area contributed by atoms with Crippen molar-refractivity contribution in [2.75, 3.05) is 7.11 Å². The second-order valence-electron chi connectivity index (χ2n) is 5.45. The molecule has 0 unspecified atom stereocenters. The van der Waals surface area contributed by atoms with Gasteiger partial charge in [-0.3, -0.25) is 4.79 Å². The average Bonchev–Trinajstić information content (AvgIpc) is 3.15. The standard InChI is InChI=1S/C19H16N2O5/c1-12(22)14-4-3-5-15(10-14)19(23)25-11-17-20-18(21-26-17)13-6-8-16(24-2)9-7-13/h3-10H,11H2,1-2H3. The topological polar surface area (TPSA) is 91.5 Å². The number of carbonyl (C=O) groups is 2. The van der Waals surface area contributed by atoms with Gasteiger partial charge < -0.3 is 14.0 Å². The maximum absolute atomic E-state index is 12.1. The summed E-state index contributed by atoms with van der Waals surface area (Å²) < 4.78 is 15.4. The number of hydrogen-bond acceptors (Lipinski definition) is 7. The highest BCUT2D eigenvalue weighted by atomic mass is 16.6. The maximum Gasteiger partial charge on any atom is 0.338 e. The Morgan fingerprint density at radius 3 is 2.50 bits per heavy atom. The van der Waals surface area contributed by atoms with Crippen molar-refractivity contribution in [2.24, 2.45) is 0 Å². The Bertz CT molecular complexity index is 931. The molecule has 0 aliphatic carbocycles. The van der Waals surface area contributed by atoms with Gasteiger partial charge in [0, 0.05) is 11.1 Å². The van der Waals surface area contributed by atoms with E-state index in [9.17, 15) is 9.59 Å². The molecule has 1 heterocycles. The summed E-state index contributed by atoms with van der Waals surface area (Å²) in [6.07, 6.45) is 0. The molecule has 0 aliphatic heterocycles. The maximum atomic E-state index is 12.1. The minimum atomic E-state index is -0.572. The molecular formula is C19H16N2O5. The summed E-state index contributed by atoms with van der Waals surface area (Å²) in [4.78, 5) is 27.7. The monoisotopic (exact) mass is 352 g/mol. The van der Waals surface area contributed by atoms with Gasteiger partial charge in [-0.2, -0.15) is 4.98 Å². The molecular weight excluding hydrogens is 336 g/mol. The quantitative estimate of drug-likeness (QED) is 0.496. The first-order valence-electron chi connectivity index (χ1n) is 7.82. The van der Waals surface area contributed by atoms with E-state index in [4.69, 9.17) is 14.0 Å². The van der Waals surface area contributed by atoms with Crippen molar-refractivity contribution >= 4 is 11.8 Å². The van der Waals surface area contributed by atoms with Crippen LogP contribution in [0.1, 0.15) is 33.5 Å². The van der Waals surface area contributed by atoms with Gasteiger partial charge in [-0.25, -0.2) is 4.79 Å². The van der Waals surface area contributed by atoms with Crippen LogP contribution in [0.3, 0.4) is 0 Å². The number of ketones is 1. The molecule has 3 aromatic rings. The van der Waals surface area contributed by atoms with Crippen LogP contribution in [0.25, 0.3) is 11.4 Å². The van der Waals surface area contributed by atoms with Crippen molar-refractivity contribution in [1.29, 1.82) is 0 Å². The van der Waals surface area contributed by atoms with Crippen LogP contribution in [0.4, 0.5) is 0 Å². The Labute approximate surface area is 149 Å².